The van der Waals surface area contributed by atoms with Crippen LogP contribution in [-0.4, -0.2) is 28.2 Å². The second-order valence-corrected chi connectivity index (χ2v) is 4.14. The Labute approximate surface area is 104 Å². The van der Waals surface area contributed by atoms with Gasteiger partial charge in [0.05, 0.1) is 11.0 Å². The summed E-state index contributed by atoms with van der Waals surface area (Å²) in [5, 5.41) is 19.6. The summed E-state index contributed by atoms with van der Waals surface area (Å²) in [6.45, 7) is 3.48. The highest BCUT2D eigenvalue weighted by atomic mass is 16.6. The fraction of sp³-hybridized carbons (Fsp3) is 0.417. The number of non-ortho nitro benzene ring substituents is 1. The zero-order valence-electron chi connectivity index (χ0n) is 10.2. The number of aliphatic carboxylic acids is 1. The second-order valence-electron chi connectivity index (χ2n) is 4.14. The van der Waals surface area contributed by atoms with Crippen LogP contribution < -0.4 is 0 Å². The summed E-state index contributed by atoms with van der Waals surface area (Å²) in [4.78, 5) is 21.1. The van der Waals surface area contributed by atoms with Gasteiger partial charge < -0.3 is 9.84 Å². The molecule has 0 spiro atoms. The Kier molecular flexibility index (Phi) is 4.79. The molecule has 0 aliphatic rings. The number of hydrogen-bond donors (Lipinski definition) is 1. The molecule has 18 heavy (non-hydrogen) atoms. The Hall–Kier alpha value is -1.95. The van der Waals surface area contributed by atoms with Gasteiger partial charge in [-0.1, -0.05) is 12.1 Å². The molecule has 0 aromatic heterocycles. The van der Waals surface area contributed by atoms with Crippen molar-refractivity contribution in [2.45, 2.75) is 32.5 Å². The molecule has 98 valence electrons. The predicted molar refractivity (Wildman–Crippen MR) is 64.4 cm³/mol. The maximum atomic E-state index is 11.0. The lowest BCUT2D eigenvalue weighted by Crippen LogP contribution is -2.29. The molecule has 0 fully saturated rings. The van der Waals surface area contributed by atoms with E-state index in [0.29, 0.717) is 5.56 Å². The van der Waals surface area contributed by atoms with Crippen LogP contribution in [0, 0.1) is 10.1 Å². The van der Waals surface area contributed by atoms with Crippen molar-refractivity contribution in [2.24, 2.45) is 0 Å². The SMILES string of the molecule is CC(C)OC(Cc1cccc([N+](=O)[O-])c1)C(=O)O. The minimum Gasteiger partial charge on any atom is -0.479 e. The third-order valence-corrected chi connectivity index (χ3v) is 2.25. The molecule has 0 aliphatic heterocycles. The highest BCUT2D eigenvalue weighted by molar-refractivity contribution is 5.72. The summed E-state index contributed by atoms with van der Waals surface area (Å²) < 4.78 is 5.25. The molecule has 0 saturated carbocycles. The number of rotatable bonds is 6. The maximum Gasteiger partial charge on any atom is 0.333 e. The van der Waals surface area contributed by atoms with E-state index in [2.05, 4.69) is 0 Å². The molecule has 1 rings (SSSR count). The van der Waals surface area contributed by atoms with Crippen molar-refractivity contribution in [1.82, 2.24) is 0 Å². The van der Waals surface area contributed by atoms with Crippen LogP contribution in [0.15, 0.2) is 24.3 Å². The second kappa shape index (κ2) is 6.11. The molecule has 0 bridgehead atoms. The first-order chi connectivity index (χ1) is 8.40. The van der Waals surface area contributed by atoms with Crippen molar-refractivity contribution in [3.8, 4) is 0 Å². The van der Waals surface area contributed by atoms with Gasteiger partial charge in [0, 0.05) is 18.6 Å². The first-order valence-corrected chi connectivity index (χ1v) is 5.51. The monoisotopic (exact) mass is 253 g/mol. The van der Waals surface area contributed by atoms with Crippen LogP contribution in [0.2, 0.25) is 0 Å². The van der Waals surface area contributed by atoms with Crippen LogP contribution in [0.25, 0.3) is 0 Å². The van der Waals surface area contributed by atoms with Crippen molar-refractivity contribution in [3.05, 3.63) is 39.9 Å². The van der Waals surface area contributed by atoms with Gasteiger partial charge in [-0.2, -0.15) is 0 Å². The number of nitrogens with zero attached hydrogens (tertiary/aromatic N) is 1. The lowest BCUT2D eigenvalue weighted by Gasteiger charge is -2.16. The smallest absolute Gasteiger partial charge is 0.333 e. The van der Waals surface area contributed by atoms with Crippen molar-refractivity contribution < 1.29 is 19.6 Å². The minimum atomic E-state index is -1.07. The lowest BCUT2D eigenvalue weighted by atomic mass is 10.1. The van der Waals surface area contributed by atoms with Crippen LogP contribution in [0.4, 0.5) is 5.69 Å². The van der Waals surface area contributed by atoms with Gasteiger partial charge in [-0.25, -0.2) is 4.79 Å². The number of ether oxygens (including phenoxy) is 1. The number of carboxylic acids is 1. The molecule has 0 amide bonds. The Morgan fingerprint density at radius 2 is 2.17 bits per heavy atom. The first-order valence-electron chi connectivity index (χ1n) is 5.51. The fourth-order valence-electron chi connectivity index (χ4n) is 1.53. The molecule has 1 N–H and O–H groups in total. The Bertz CT molecular complexity index is 444. The molecule has 0 heterocycles. The zero-order chi connectivity index (χ0) is 13.7. The third-order valence-electron chi connectivity index (χ3n) is 2.25. The average Bonchev–Trinajstić information content (AvgIpc) is 2.27. The van der Waals surface area contributed by atoms with E-state index in [1.165, 1.54) is 18.2 Å². The minimum absolute atomic E-state index is 0.0545. The maximum absolute atomic E-state index is 11.0. The molecular formula is C12H15NO5. The van der Waals surface area contributed by atoms with E-state index in [1.807, 2.05) is 0 Å². The van der Waals surface area contributed by atoms with Gasteiger partial charge in [-0.05, 0) is 19.4 Å². The van der Waals surface area contributed by atoms with E-state index in [0.717, 1.165) is 0 Å². The average molecular weight is 253 g/mol. The van der Waals surface area contributed by atoms with Gasteiger partial charge in [-0.15, -0.1) is 0 Å². The van der Waals surface area contributed by atoms with Gasteiger partial charge >= 0.3 is 5.97 Å². The molecule has 6 heteroatoms. The number of hydrogen-bond acceptors (Lipinski definition) is 4. The molecule has 0 saturated heterocycles. The standard InChI is InChI=1S/C12H15NO5/c1-8(2)18-11(12(14)15)7-9-4-3-5-10(6-9)13(16)17/h3-6,8,11H,7H2,1-2H3,(H,14,15). The summed E-state index contributed by atoms with van der Waals surface area (Å²) in [7, 11) is 0. The summed E-state index contributed by atoms with van der Waals surface area (Å²) >= 11 is 0. The summed E-state index contributed by atoms with van der Waals surface area (Å²) in [6.07, 6.45) is -1.10. The summed E-state index contributed by atoms with van der Waals surface area (Å²) in [6, 6.07) is 5.90. The van der Waals surface area contributed by atoms with E-state index in [9.17, 15) is 14.9 Å². The van der Waals surface area contributed by atoms with E-state index >= 15 is 0 Å². The van der Waals surface area contributed by atoms with Crippen molar-refractivity contribution >= 4 is 11.7 Å². The highest BCUT2D eigenvalue weighted by Crippen LogP contribution is 2.16. The molecule has 1 aromatic carbocycles. The van der Waals surface area contributed by atoms with E-state index in [-0.39, 0.29) is 18.2 Å². The van der Waals surface area contributed by atoms with Gasteiger partial charge in [-0.3, -0.25) is 10.1 Å². The van der Waals surface area contributed by atoms with Crippen LogP contribution >= 0.6 is 0 Å². The molecule has 1 unspecified atom stereocenters. The van der Waals surface area contributed by atoms with E-state index in [1.54, 1.807) is 19.9 Å². The number of nitro groups is 1. The van der Waals surface area contributed by atoms with Crippen molar-refractivity contribution in [1.29, 1.82) is 0 Å². The van der Waals surface area contributed by atoms with Crippen LogP contribution in [0.3, 0.4) is 0 Å². The van der Waals surface area contributed by atoms with E-state index < -0.39 is 17.0 Å². The number of benzene rings is 1. The van der Waals surface area contributed by atoms with E-state index in [4.69, 9.17) is 9.84 Å². The number of nitro benzene ring substituents is 1. The quantitative estimate of drug-likeness (QED) is 0.618. The van der Waals surface area contributed by atoms with Crippen molar-refractivity contribution in [2.75, 3.05) is 0 Å². The first kappa shape index (κ1) is 14.1. The molecule has 1 aromatic rings. The van der Waals surface area contributed by atoms with Gasteiger partial charge in [0.15, 0.2) is 6.10 Å². The van der Waals surface area contributed by atoms with Crippen LogP contribution in [0.1, 0.15) is 19.4 Å². The summed E-state index contributed by atoms with van der Waals surface area (Å²) in [5.74, 6) is -1.07. The highest BCUT2D eigenvalue weighted by Gasteiger charge is 2.20. The zero-order valence-corrected chi connectivity index (χ0v) is 10.2. The molecule has 6 nitrogen and oxygen atoms in total. The molecule has 0 aliphatic carbocycles. The van der Waals surface area contributed by atoms with Crippen molar-refractivity contribution in [3.63, 3.8) is 0 Å². The topological polar surface area (TPSA) is 89.7 Å². The number of carboxylic acid groups (broad SMARTS) is 1. The molecular weight excluding hydrogens is 238 g/mol. The van der Waals surface area contributed by atoms with Gasteiger partial charge in [0.25, 0.3) is 5.69 Å². The fourth-order valence-corrected chi connectivity index (χ4v) is 1.53. The lowest BCUT2D eigenvalue weighted by molar-refractivity contribution is -0.384. The normalized spacial score (nSPS) is 12.4. The molecule has 0 radical (unpaired) electrons. The predicted octanol–water partition coefficient (Wildman–Crippen LogP) is 2.02. The Morgan fingerprint density at radius 3 is 2.67 bits per heavy atom. The largest absolute Gasteiger partial charge is 0.479 e. The summed E-state index contributed by atoms with van der Waals surface area (Å²) in [5.41, 5.74) is 0.512. The Morgan fingerprint density at radius 1 is 1.50 bits per heavy atom. The molecule has 1 atom stereocenters. The van der Waals surface area contributed by atoms with Gasteiger partial charge in [0.1, 0.15) is 0 Å². The van der Waals surface area contributed by atoms with Gasteiger partial charge in [0.2, 0.25) is 0 Å². The van der Waals surface area contributed by atoms with Crippen LogP contribution in [-0.2, 0) is 16.0 Å². The third kappa shape index (κ3) is 4.14. The number of carbonyl (C=O) groups is 1. The van der Waals surface area contributed by atoms with Crippen LogP contribution in [0.5, 0.6) is 0 Å². The Balaban J connectivity index is 2.83.